The van der Waals surface area contributed by atoms with E-state index in [1.54, 1.807) is 12.1 Å². The van der Waals surface area contributed by atoms with Gasteiger partial charge in [0.1, 0.15) is 11.9 Å². The van der Waals surface area contributed by atoms with Crippen molar-refractivity contribution in [3.8, 4) is 0 Å². The molecule has 1 N–H and O–H groups in total. The Labute approximate surface area is 121 Å². The van der Waals surface area contributed by atoms with Gasteiger partial charge in [-0.3, -0.25) is 4.79 Å². The lowest BCUT2D eigenvalue weighted by molar-refractivity contribution is 0.0528. The molecule has 1 amide bonds. The summed E-state index contributed by atoms with van der Waals surface area (Å²) in [5.41, 5.74) is 1.10. The maximum atomic E-state index is 11.4. The first-order valence-corrected chi connectivity index (χ1v) is 6.81. The van der Waals surface area contributed by atoms with E-state index in [4.69, 9.17) is 4.74 Å². The third-order valence-electron chi connectivity index (χ3n) is 2.20. The molecule has 4 nitrogen and oxygen atoms in total. The summed E-state index contributed by atoms with van der Waals surface area (Å²) in [6, 6.07) is 5.47. The van der Waals surface area contributed by atoms with Gasteiger partial charge in [0.25, 0.3) is 0 Å². The van der Waals surface area contributed by atoms with Gasteiger partial charge >= 0.3 is 6.09 Å². The second kappa shape index (κ2) is 6.70. The van der Waals surface area contributed by atoms with Crippen molar-refractivity contribution >= 4 is 28.3 Å². The van der Waals surface area contributed by atoms with Gasteiger partial charge in [-0.15, -0.1) is 0 Å². The van der Waals surface area contributed by atoms with Gasteiger partial charge in [-0.25, -0.2) is 4.79 Å². The Kier molecular flexibility index (Phi) is 5.54. The Morgan fingerprint density at radius 3 is 2.63 bits per heavy atom. The van der Waals surface area contributed by atoms with Crippen LogP contribution in [-0.2, 0) is 11.2 Å². The summed E-state index contributed by atoms with van der Waals surface area (Å²) >= 11 is 3.34. The molecule has 0 aromatic heterocycles. The number of hydrogen-bond donors (Lipinski definition) is 1. The molecular formula is C14H18BrNO3. The highest BCUT2D eigenvalue weighted by molar-refractivity contribution is 9.10. The van der Waals surface area contributed by atoms with Crippen LogP contribution in [0.4, 0.5) is 4.79 Å². The van der Waals surface area contributed by atoms with Crippen LogP contribution in [0.1, 0.15) is 36.7 Å². The van der Waals surface area contributed by atoms with Gasteiger partial charge in [0.15, 0.2) is 0 Å². The van der Waals surface area contributed by atoms with Crippen molar-refractivity contribution in [2.75, 3.05) is 6.54 Å². The smallest absolute Gasteiger partial charge is 0.407 e. The molecule has 0 saturated heterocycles. The molecule has 0 unspecified atom stereocenters. The average molecular weight is 328 g/mol. The van der Waals surface area contributed by atoms with Crippen LogP contribution in [0.5, 0.6) is 0 Å². The fourth-order valence-electron chi connectivity index (χ4n) is 1.51. The molecule has 19 heavy (non-hydrogen) atoms. The third kappa shape index (κ3) is 6.38. The Balaban J connectivity index is 2.47. The van der Waals surface area contributed by atoms with E-state index >= 15 is 0 Å². The number of carbonyl (C=O) groups is 2. The van der Waals surface area contributed by atoms with Gasteiger partial charge in [-0.05, 0) is 51.0 Å². The predicted octanol–water partition coefficient (Wildman–Crippen LogP) is 3.33. The lowest BCUT2D eigenvalue weighted by Crippen LogP contribution is -2.33. The maximum Gasteiger partial charge on any atom is 0.407 e. The van der Waals surface area contributed by atoms with Crippen LogP contribution in [0.2, 0.25) is 0 Å². The topological polar surface area (TPSA) is 55.4 Å². The Bertz CT molecular complexity index is 466. The SMILES string of the molecule is CC(C)(C)OC(=O)NCCc1cc(Br)cc(C=O)c1. The van der Waals surface area contributed by atoms with Gasteiger partial charge in [0.05, 0.1) is 0 Å². The van der Waals surface area contributed by atoms with E-state index in [0.717, 1.165) is 16.3 Å². The van der Waals surface area contributed by atoms with E-state index in [0.29, 0.717) is 18.5 Å². The van der Waals surface area contributed by atoms with Gasteiger partial charge in [-0.2, -0.15) is 0 Å². The van der Waals surface area contributed by atoms with Crippen LogP contribution in [0.25, 0.3) is 0 Å². The first-order chi connectivity index (χ1) is 8.80. The molecule has 0 aliphatic heterocycles. The van der Waals surface area contributed by atoms with Crippen molar-refractivity contribution < 1.29 is 14.3 Å². The van der Waals surface area contributed by atoms with Crippen molar-refractivity contribution in [1.82, 2.24) is 5.32 Å². The largest absolute Gasteiger partial charge is 0.444 e. The molecule has 0 aliphatic carbocycles. The van der Waals surface area contributed by atoms with Crippen LogP contribution in [0, 0.1) is 0 Å². The highest BCUT2D eigenvalue weighted by Gasteiger charge is 2.15. The number of rotatable bonds is 4. The second-order valence-electron chi connectivity index (χ2n) is 5.19. The molecule has 104 valence electrons. The number of nitrogens with one attached hydrogen (secondary N) is 1. The lowest BCUT2D eigenvalue weighted by atomic mass is 10.1. The number of alkyl carbamates (subject to hydrolysis) is 1. The van der Waals surface area contributed by atoms with Crippen molar-refractivity contribution in [2.45, 2.75) is 32.8 Å². The fourth-order valence-corrected chi connectivity index (χ4v) is 2.07. The highest BCUT2D eigenvalue weighted by Crippen LogP contribution is 2.15. The van der Waals surface area contributed by atoms with E-state index < -0.39 is 11.7 Å². The monoisotopic (exact) mass is 327 g/mol. The number of hydrogen-bond acceptors (Lipinski definition) is 3. The van der Waals surface area contributed by atoms with Crippen LogP contribution in [0.15, 0.2) is 22.7 Å². The van der Waals surface area contributed by atoms with Crippen molar-refractivity contribution in [3.05, 3.63) is 33.8 Å². The standard InChI is InChI=1S/C14H18BrNO3/c1-14(2,3)19-13(18)16-5-4-10-6-11(9-17)8-12(15)7-10/h6-9H,4-5H2,1-3H3,(H,16,18). The number of halogens is 1. The quantitative estimate of drug-likeness (QED) is 0.863. The number of carbonyl (C=O) groups excluding carboxylic acids is 2. The van der Waals surface area contributed by atoms with Crippen LogP contribution in [0.3, 0.4) is 0 Å². The maximum absolute atomic E-state index is 11.4. The minimum Gasteiger partial charge on any atom is -0.444 e. The first-order valence-electron chi connectivity index (χ1n) is 6.01. The number of amides is 1. The van der Waals surface area contributed by atoms with Gasteiger partial charge in [0, 0.05) is 16.6 Å². The average Bonchev–Trinajstić information content (AvgIpc) is 2.25. The minimum absolute atomic E-state index is 0.432. The number of ether oxygens (including phenoxy) is 1. The highest BCUT2D eigenvalue weighted by atomic mass is 79.9. The first kappa shape index (κ1) is 15.7. The molecule has 0 saturated carbocycles. The summed E-state index contributed by atoms with van der Waals surface area (Å²) in [5.74, 6) is 0. The van der Waals surface area contributed by atoms with E-state index in [1.165, 1.54) is 0 Å². The molecule has 1 aromatic rings. The summed E-state index contributed by atoms with van der Waals surface area (Å²) < 4.78 is 5.98. The Hall–Kier alpha value is -1.36. The minimum atomic E-state index is -0.495. The van der Waals surface area contributed by atoms with Crippen molar-refractivity contribution in [3.63, 3.8) is 0 Å². The summed E-state index contributed by atoms with van der Waals surface area (Å²) in [6.07, 6.45) is 1.01. The summed E-state index contributed by atoms with van der Waals surface area (Å²) in [5, 5.41) is 2.68. The molecule has 0 atom stereocenters. The van der Waals surface area contributed by atoms with Gasteiger partial charge in [-0.1, -0.05) is 15.9 Å². The van der Waals surface area contributed by atoms with Crippen LogP contribution >= 0.6 is 15.9 Å². The van der Waals surface area contributed by atoms with E-state index in [-0.39, 0.29) is 0 Å². The number of benzene rings is 1. The summed E-state index contributed by atoms with van der Waals surface area (Å²) in [7, 11) is 0. The van der Waals surface area contributed by atoms with Crippen molar-refractivity contribution in [1.29, 1.82) is 0 Å². The molecule has 0 bridgehead atoms. The Morgan fingerprint density at radius 1 is 1.37 bits per heavy atom. The molecule has 0 aliphatic rings. The van der Waals surface area contributed by atoms with Gasteiger partial charge in [0.2, 0.25) is 0 Å². The fraction of sp³-hybridized carbons (Fsp3) is 0.429. The van der Waals surface area contributed by atoms with Gasteiger partial charge < -0.3 is 10.1 Å². The zero-order valence-electron chi connectivity index (χ0n) is 11.3. The molecule has 0 fully saturated rings. The summed E-state index contributed by atoms with van der Waals surface area (Å²) in [6.45, 7) is 5.91. The van der Waals surface area contributed by atoms with E-state index in [9.17, 15) is 9.59 Å². The summed E-state index contributed by atoms with van der Waals surface area (Å²) in [4.78, 5) is 22.2. The molecule has 0 radical (unpaired) electrons. The lowest BCUT2D eigenvalue weighted by Gasteiger charge is -2.19. The van der Waals surface area contributed by atoms with Crippen LogP contribution in [-0.4, -0.2) is 24.5 Å². The molecule has 1 aromatic carbocycles. The molecule has 0 heterocycles. The van der Waals surface area contributed by atoms with Crippen molar-refractivity contribution in [2.24, 2.45) is 0 Å². The molecule has 5 heteroatoms. The molecule has 0 spiro atoms. The molecular weight excluding hydrogens is 310 g/mol. The normalized spacial score (nSPS) is 10.9. The Morgan fingerprint density at radius 2 is 2.05 bits per heavy atom. The predicted molar refractivity (Wildman–Crippen MR) is 77.5 cm³/mol. The number of aldehydes is 1. The second-order valence-corrected chi connectivity index (χ2v) is 6.11. The van der Waals surface area contributed by atoms with Crippen LogP contribution < -0.4 is 5.32 Å². The third-order valence-corrected chi connectivity index (χ3v) is 2.66. The zero-order chi connectivity index (χ0) is 14.5. The zero-order valence-corrected chi connectivity index (χ0v) is 12.9. The van der Waals surface area contributed by atoms with E-state index in [2.05, 4.69) is 21.2 Å². The molecule has 1 rings (SSSR count). The van der Waals surface area contributed by atoms with E-state index in [1.807, 2.05) is 26.8 Å².